The molecule has 3 aromatic rings. The number of ether oxygens (including phenoxy) is 1. The van der Waals surface area contributed by atoms with Gasteiger partial charge in [0.2, 0.25) is 0 Å². The Labute approximate surface area is 134 Å². The smallest absolute Gasteiger partial charge is 0.125 e. The van der Waals surface area contributed by atoms with Gasteiger partial charge in [-0.2, -0.15) is 0 Å². The summed E-state index contributed by atoms with van der Waals surface area (Å²) < 4.78 is 7.97. The van der Waals surface area contributed by atoms with Gasteiger partial charge in [-0.25, -0.2) is 0 Å². The van der Waals surface area contributed by atoms with Crippen molar-refractivity contribution in [2.24, 2.45) is 0 Å². The molecule has 3 rings (SSSR count). The molecule has 0 unspecified atom stereocenters. The van der Waals surface area contributed by atoms with Gasteiger partial charge < -0.3 is 14.4 Å². The molecule has 0 amide bonds. The van der Waals surface area contributed by atoms with Gasteiger partial charge in [-0.15, -0.1) is 0 Å². The molecule has 1 aromatic heterocycles. The average molecular weight is 316 g/mol. The molecule has 22 heavy (non-hydrogen) atoms. The van der Waals surface area contributed by atoms with Gasteiger partial charge in [0.15, 0.2) is 0 Å². The fourth-order valence-corrected chi connectivity index (χ4v) is 2.73. The SMILES string of the molecule is CC(C)n1cc(COc2ccc(Cl)cc2)c2c(O)cccc21. The number of hydrogen-bond donors (Lipinski definition) is 1. The summed E-state index contributed by atoms with van der Waals surface area (Å²) in [6.07, 6.45) is 2.05. The van der Waals surface area contributed by atoms with Crippen molar-refractivity contribution >= 4 is 22.5 Å². The standard InChI is InChI=1S/C18H18ClNO2/c1-12(2)20-10-13(18-16(20)4-3-5-17(18)21)11-22-15-8-6-14(19)7-9-15/h3-10,12,21H,11H2,1-2H3. The van der Waals surface area contributed by atoms with Crippen molar-refractivity contribution in [3.8, 4) is 11.5 Å². The number of aromatic hydroxyl groups is 1. The quantitative estimate of drug-likeness (QED) is 0.721. The summed E-state index contributed by atoms with van der Waals surface area (Å²) in [6.45, 7) is 4.63. The van der Waals surface area contributed by atoms with Crippen LogP contribution in [0.1, 0.15) is 25.5 Å². The first kappa shape index (κ1) is 14.8. The molecular formula is C18H18ClNO2. The molecule has 1 heterocycles. The first-order valence-corrected chi connectivity index (χ1v) is 7.64. The third kappa shape index (κ3) is 2.77. The summed E-state index contributed by atoms with van der Waals surface area (Å²) in [6, 6.07) is 13.2. The summed E-state index contributed by atoms with van der Waals surface area (Å²) in [4.78, 5) is 0. The molecule has 0 radical (unpaired) electrons. The van der Waals surface area contributed by atoms with Crippen LogP contribution < -0.4 is 4.74 Å². The van der Waals surface area contributed by atoms with Gasteiger partial charge in [-0.05, 0) is 50.2 Å². The highest BCUT2D eigenvalue weighted by Crippen LogP contribution is 2.32. The summed E-state index contributed by atoms with van der Waals surface area (Å²) >= 11 is 5.87. The molecule has 0 fully saturated rings. The van der Waals surface area contributed by atoms with Gasteiger partial charge in [-0.1, -0.05) is 17.7 Å². The second-order valence-electron chi connectivity index (χ2n) is 5.57. The van der Waals surface area contributed by atoms with Crippen molar-refractivity contribution in [2.75, 3.05) is 0 Å². The Balaban J connectivity index is 1.94. The van der Waals surface area contributed by atoms with Crippen molar-refractivity contribution in [3.63, 3.8) is 0 Å². The van der Waals surface area contributed by atoms with Gasteiger partial charge in [-0.3, -0.25) is 0 Å². The van der Waals surface area contributed by atoms with E-state index in [1.807, 2.05) is 30.5 Å². The molecule has 0 aliphatic carbocycles. The fraction of sp³-hybridized carbons (Fsp3) is 0.222. The highest BCUT2D eigenvalue weighted by Gasteiger charge is 2.14. The Morgan fingerprint density at radius 2 is 1.86 bits per heavy atom. The molecule has 0 spiro atoms. The van der Waals surface area contributed by atoms with Crippen LogP contribution in [0.5, 0.6) is 11.5 Å². The topological polar surface area (TPSA) is 34.4 Å². The fourth-order valence-electron chi connectivity index (χ4n) is 2.60. The number of benzene rings is 2. The number of rotatable bonds is 4. The number of fused-ring (bicyclic) bond motifs is 1. The Bertz CT molecular complexity index is 791. The number of aromatic nitrogens is 1. The van der Waals surface area contributed by atoms with Gasteiger partial charge >= 0.3 is 0 Å². The molecular weight excluding hydrogens is 298 g/mol. The average Bonchev–Trinajstić information content (AvgIpc) is 2.87. The van der Waals surface area contributed by atoms with Crippen molar-refractivity contribution < 1.29 is 9.84 Å². The van der Waals surface area contributed by atoms with E-state index in [0.717, 1.165) is 22.2 Å². The van der Waals surface area contributed by atoms with Crippen LogP contribution in [-0.2, 0) is 6.61 Å². The molecule has 3 nitrogen and oxygen atoms in total. The number of halogens is 1. The Morgan fingerprint density at radius 3 is 2.55 bits per heavy atom. The highest BCUT2D eigenvalue weighted by molar-refractivity contribution is 6.30. The lowest BCUT2D eigenvalue weighted by Crippen LogP contribution is -1.98. The predicted octanol–water partition coefficient (Wildman–Crippen LogP) is 5.16. The lowest BCUT2D eigenvalue weighted by Gasteiger charge is -2.08. The molecule has 0 aliphatic rings. The summed E-state index contributed by atoms with van der Waals surface area (Å²) in [5.74, 6) is 1.04. The molecule has 0 saturated carbocycles. The maximum atomic E-state index is 10.2. The molecule has 0 bridgehead atoms. The second-order valence-corrected chi connectivity index (χ2v) is 6.01. The Kier molecular flexibility index (Phi) is 3.99. The largest absolute Gasteiger partial charge is 0.507 e. The molecule has 4 heteroatoms. The third-order valence-electron chi connectivity index (χ3n) is 3.68. The van der Waals surface area contributed by atoms with Crippen LogP contribution in [0, 0.1) is 0 Å². The summed E-state index contributed by atoms with van der Waals surface area (Å²) in [5, 5.41) is 11.7. The monoisotopic (exact) mass is 315 g/mol. The number of phenolic OH excluding ortho intramolecular Hbond substituents is 1. The first-order valence-electron chi connectivity index (χ1n) is 7.26. The molecule has 2 aromatic carbocycles. The van der Waals surface area contributed by atoms with Crippen molar-refractivity contribution in [1.82, 2.24) is 4.57 Å². The third-order valence-corrected chi connectivity index (χ3v) is 3.93. The van der Waals surface area contributed by atoms with Crippen LogP contribution >= 0.6 is 11.6 Å². The van der Waals surface area contributed by atoms with Gasteiger partial charge in [0, 0.05) is 28.2 Å². The van der Waals surface area contributed by atoms with Crippen LogP contribution in [0.15, 0.2) is 48.7 Å². The normalized spacial score (nSPS) is 11.3. The van der Waals surface area contributed by atoms with Gasteiger partial charge in [0.05, 0.1) is 5.52 Å². The van der Waals surface area contributed by atoms with E-state index in [9.17, 15) is 5.11 Å². The Hall–Kier alpha value is -2.13. The minimum absolute atomic E-state index is 0.284. The van der Waals surface area contributed by atoms with E-state index in [0.29, 0.717) is 17.7 Å². The molecule has 114 valence electrons. The maximum Gasteiger partial charge on any atom is 0.125 e. The van der Waals surface area contributed by atoms with Gasteiger partial charge in [0.1, 0.15) is 18.1 Å². The highest BCUT2D eigenvalue weighted by atomic mass is 35.5. The van der Waals surface area contributed by atoms with Crippen molar-refractivity contribution in [3.05, 3.63) is 59.2 Å². The number of nitrogens with zero attached hydrogens (tertiary/aromatic N) is 1. The zero-order chi connectivity index (χ0) is 15.7. The van der Waals surface area contributed by atoms with E-state index >= 15 is 0 Å². The van der Waals surface area contributed by atoms with Gasteiger partial charge in [0.25, 0.3) is 0 Å². The number of phenols is 1. The molecule has 0 atom stereocenters. The lowest BCUT2D eigenvalue weighted by molar-refractivity contribution is 0.307. The van der Waals surface area contributed by atoms with Crippen LogP contribution in [0.3, 0.4) is 0 Å². The molecule has 0 aliphatic heterocycles. The number of hydrogen-bond acceptors (Lipinski definition) is 2. The Morgan fingerprint density at radius 1 is 1.14 bits per heavy atom. The lowest BCUT2D eigenvalue weighted by atomic mass is 10.1. The zero-order valence-electron chi connectivity index (χ0n) is 12.6. The van der Waals surface area contributed by atoms with E-state index in [1.165, 1.54) is 0 Å². The summed E-state index contributed by atoms with van der Waals surface area (Å²) in [5.41, 5.74) is 1.99. The van der Waals surface area contributed by atoms with Crippen LogP contribution in [-0.4, -0.2) is 9.67 Å². The minimum atomic E-state index is 0.284. The second kappa shape index (κ2) is 5.93. The molecule has 1 N–H and O–H groups in total. The van der Waals surface area contributed by atoms with Crippen molar-refractivity contribution in [1.29, 1.82) is 0 Å². The van der Waals surface area contributed by atoms with Crippen molar-refractivity contribution in [2.45, 2.75) is 26.5 Å². The zero-order valence-corrected chi connectivity index (χ0v) is 13.3. The van der Waals surface area contributed by atoms with E-state index < -0.39 is 0 Å². The van der Waals surface area contributed by atoms with Crippen LogP contribution in [0.2, 0.25) is 5.02 Å². The van der Waals surface area contributed by atoms with E-state index in [4.69, 9.17) is 16.3 Å². The molecule has 0 saturated heterocycles. The van der Waals surface area contributed by atoms with Crippen LogP contribution in [0.4, 0.5) is 0 Å². The van der Waals surface area contributed by atoms with E-state index in [2.05, 4.69) is 18.4 Å². The van der Waals surface area contributed by atoms with E-state index in [-0.39, 0.29) is 5.75 Å². The predicted molar refractivity (Wildman–Crippen MR) is 89.8 cm³/mol. The maximum absolute atomic E-state index is 10.2. The first-order chi connectivity index (χ1) is 10.6. The minimum Gasteiger partial charge on any atom is -0.507 e. The van der Waals surface area contributed by atoms with E-state index in [1.54, 1.807) is 18.2 Å². The summed E-state index contributed by atoms with van der Waals surface area (Å²) in [7, 11) is 0. The van der Waals surface area contributed by atoms with Crippen LogP contribution in [0.25, 0.3) is 10.9 Å².